The van der Waals surface area contributed by atoms with Crippen LogP contribution < -0.4 is 0 Å². The van der Waals surface area contributed by atoms with Crippen molar-refractivity contribution < 1.29 is 0 Å². The Balaban J connectivity index is 2.24. The van der Waals surface area contributed by atoms with Gasteiger partial charge in [0.25, 0.3) is 0 Å². The summed E-state index contributed by atoms with van der Waals surface area (Å²) in [4.78, 5) is 0. The molecule has 72 valence electrons. The van der Waals surface area contributed by atoms with Crippen LogP contribution in [0.1, 0.15) is 58.8 Å². The second kappa shape index (κ2) is 3.69. The molecule has 0 spiro atoms. The standard InChI is InChI=1S/C13H20/c1-10-6-5-9-13(10)11(2)12-7-3-4-8-12/h3-9H2,1-2H3. The van der Waals surface area contributed by atoms with Crippen molar-refractivity contribution in [1.29, 1.82) is 0 Å². The molecular weight excluding hydrogens is 156 g/mol. The predicted octanol–water partition coefficient (Wildman–Crippen LogP) is 4.38. The van der Waals surface area contributed by atoms with E-state index in [4.69, 9.17) is 0 Å². The van der Waals surface area contributed by atoms with Crippen LogP contribution in [0.3, 0.4) is 0 Å². The molecular formula is C13H20. The van der Waals surface area contributed by atoms with Crippen LogP contribution in [0.2, 0.25) is 0 Å². The van der Waals surface area contributed by atoms with Crippen LogP contribution in [-0.4, -0.2) is 0 Å². The Hall–Kier alpha value is -0.520. The fraction of sp³-hybridized carbons (Fsp3) is 0.692. The average Bonchev–Trinajstić information content (AvgIpc) is 2.72. The summed E-state index contributed by atoms with van der Waals surface area (Å²) in [6.45, 7) is 4.67. The minimum absolute atomic E-state index is 1.35. The van der Waals surface area contributed by atoms with Crippen molar-refractivity contribution >= 4 is 0 Å². The number of hydrogen-bond acceptors (Lipinski definition) is 0. The van der Waals surface area contributed by atoms with E-state index in [-0.39, 0.29) is 0 Å². The van der Waals surface area contributed by atoms with Gasteiger partial charge in [-0.1, -0.05) is 11.1 Å². The van der Waals surface area contributed by atoms with Crippen molar-refractivity contribution in [2.45, 2.75) is 58.8 Å². The lowest BCUT2D eigenvalue weighted by Gasteiger charge is -2.08. The third-order valence-corrected chi connectivity index (χ3v) is 3.68. The van der Waals surface area contributed by atoms with Crippen LogP contribution in [0.25, 0.3) is 0 Å². The van der Waals surface area contributed by atoms with Crippen molar-refractivity contribution in [3.63, 3.8) is 0 Å². The first-order valence-corrected chi connectivity index (χ1v) is 5.66. The number of hydrogen-bond donors (Lipinski definition) is 0. The highest BCUT2D eigenvalue weighted by molar-refractivity contribution is 5.39. The van der Waals surface area contributed by atoms with Crippen molar-refractivity contribution in [3.05, 3.63) is 22.3 Å². The van der Waals surface area contributed by atoms with Gasteiger partial charge in [-0.05, 0) is 69.9 Å². The van der Waals surface area contributed by atoms with Gasteiger partial charge in [-0.2, -0.15) is 0 Å². The minimum Gasteiger partial charge on any atom is -0.0698 e. The zero-order chi connectivity index (χ0) is 9.26. The van der Waals surface area contributed by atoms with Gasteiger partial charge in [0.2, 0.25) is 0 Å². The molecule has 0 amide bonds. The SMILES string of the molecule is CC1=C(C(C)=C2CCCC2)CCC1. The molecule has 0 saturated heterocycles. The monoisotopic (exact) mass is 176 g/mol. The Bertz CT molecular complexity index is 258. The molecule has 1 fully saturated rings. The number of rotatable bonds is 1. The van der Waals surface area contributed by atoms with Crippen LogP contribution in [0, 0.1) is 0 Å². The Morgan fingerprint density at radius 2 is 1.62 bits per heavy atom. The molecule has 0 aromatic carbocycles. The van der Waals surface area contributed by atoms with Crippen molar-refractivity contribution in [2.24, 2.45) is 0 Å². The molecule has 2 aliphatic rings. The van der Waals surface area contributed by atoms with E-state index >= 15 is 0 Å². The van der Waals surface area contributed by atoms with Crippen LogP contribution in [0.5, 0.6) is 0 Å². The molecule has 0 bridgehead atoms. The van der Waals surface area contributed by atoms with E-state index in [2.05, 4.69) is 13.8 Å². The molecule has 0 heteroatoms. The maximum Gasteiger partial charge on any atom is -0.0274 e. The highest BCUT2D eigenvalue weighted by Gasteiger charge is 2.16. The van der Waals surface area contributed by atoms with E-state index < -0.39 is 0 Å². The Morgan fingerprint density at radius 1 is 0.923 bits per heavy atom. The molecule has 0 heterocycles. The van der Waals surface area contributed by atoms with Gasteiger partial charge in [-0.15, -0.1) is 0 Å². The van der Waals surface area contributed by atoms with Gasteiger partial charge in [-0.25, -0.2) is 0 Å². The van der Waals surface area contributed by atoms with Crippen LogP contribution >= 0.6 is 0 Å². The summed E-state index contributed by atoms with van der Waals surface area (Å²) in [5, 5.41) is 0. The Morgan fingerprint density at radius 3 is 2.15 bits per heavy atom. The van der Waals surface area contributed by atoms with Crippen molar-refractivity contribution in [3.8, 4) is 0 Å². The molecule has 0 N–H and O–H groups in total. The molecule has 0 unspecified atom stereocenters. The summed E-state index contributed by atoms with van der Waals surface area (Å²) < 4.78 is 0. The molecule has 0 aliphatic heterocycles. The minimum atomic E-state index is 1.35. The lowest BCUT2D eigenvalue weighted by Crippen LogP contribution is -1.88. The lowest BCUT2D eigenvalue weighted by atomic mass is 9.98. The Labute approximate surface area is 81.7 Å². The maximum absolute atomic E-state index is 2.35. The maximum atomic E-state index is 2.35. The smallest absolute Gasteiger partial charge is 0.0274 e. The zero-order valence-corrected chi connectivity index (χ0v) is 8.95. The highest BCUT2D eigenvalue weighted by Crippen LogP contribution is 2.36. The van der Waals surface area contributed by atoms with E-state index in [0.29, 0.717) is 0 Å². The highest BCUT2D eigenvalue weighted by atomic mass is 14.2. The van der Waals surface area contributed by atoms with Crippen LogP contribution in [0.15, 0.2) is 22.3 Å². The van der Waals surface area contributed by atoms with Gasteiger partial charge in [0.05, 0.1) is 0 Å². The van der Waals surface area contributed by atoms with Crippen molar-refractivity contribution in [1.82, 2.24) is 0 Å². The normalized spacial score (nSPS) is 23.1. The molecule has 0 nitrogen and oxygen atoms in total. The molecule has 1 saturated carbocycles. The van der Waals surface area contributed by atoms with Gasteiger partial charge in [-0.3, -0.25) is 0 Å². The van der Waals surface area contributed by atoms with E-state index in [9.17, 15) is 0 Å². The summed E-state index contributed by atoms with van der Waals surface area (Å²) in [6.07, 6.45) is 9.70. The fourth-order valence-corrected chi connectivity index (χ4v) is 2.79. The van der Waals surface area contributed by atoms with Crippen molar-refractivity contribution in [2.75, 3.05) is 0 Å². The summed E-state index contributed by atoms with van der Waals surface area (Å²) in [5.41, 5.74) is 6.79. The second-order valence-corrected chi connectivity index (χ2v) is 4.55. The van der Waals surface area contributed by atoms with E-state index in [1.54, 1.807) is 22.3 Å². The first-order chi connectivity index (χ1) is 6.29. The first-order valence-electron chi connectivity index (χ1n) is 5.66. The fourth-order valence-electron chi connectivity index (χ4n) is 2.79. The largest absolute Gasteiger partial charge is 0.0698 e. The van der Waals surface area contributed by atoms with Gasteiger partial charge in [0.1, 0.15) is 0 Å². The molecule has 0 aromatic heterocycles. The van der Waals surface area contributed by atoms with Crippen LogP contribution in [-0.2, 0) is 0 Å². The van der Waals surface area contributed by atoms with Gasteiger partial charge in [0.15, 0.2) is 0 Å². The van der Waals surface area contributed by atoms with Gasteiger partial charge < -0.3 is 0 Å². The summed E-state index contributed by atoms with van der Waals surface area (Å²) in [7, 11) is 0. The molecule has 0 atom stereocenters. The quantitative estimate of drug-likeness (QED) is 0.556. The van der Waals surface area contributed by atoms with Crippen LogP contribution in [0.4, 0.5) is 0 Å². The van der Waals surface area contributed by atoms with E-state index in [0.717, 1.165) is 0 Å². The third-order valence-electron chi connectivity index (χ3n) is 3.68. The van der Waals surface area contributed by atoms with Gasteiger partial charge >= 0.3 is 0 Å². The lowest BCUT2D eigenvalue weighted by molar-refractivity contribution is 0.886. The number of allylic oxidation sites excluding steroid dienone is 4. The summed E-state index contributed by atoms with van der Waals surface area (Å²) in [5.74, 6) is 0. The summed E-state index contributed by atoms with van der Waals surface area (Å²) in [6, 6.07) is 0. The third kappa shape index (κ3) is 1.72. The molecule has 2 rings (SSSR count). The van der Waals surface area contributed by atoms with E-state index in [1.165, 1.54) is 44.9 Å². The molecule has 13 heavy (non-hydrogen) atoms. The molecule has 0 aromatic rings. The first kappa shape index (κ1) is 9.05. The second-order valence-electron chi connectivity index (χ2n) is 4.55. The van der Waals surface area contributed by atoms with E-state index in [1.807, 2.05) is 0 Å². The summed E-state index contributed by atoms with van der Waals surface area (Å²) >= 11 is 0. The molecule has 2 aliphatic carbocycles. The topological polar surface area (TPSA) is 0 Å². The van der Waals surface area contributed by atoms with Gasteiger partial charge in [0, 0.05) is 0 Å². The predicted molar refractivity (Wildman–Crippen MR) is 57.7 cm³/mol. The zero-order valence-electron chi connectivity index (χ0n) is 8.95. The Kier molecular flexibility index (Phi) is 2.57. The average molecular weight is 176 g/mol. The molecule has 0 radical (unpaired) electrons.